The van der Waals surface area contributed by atoms with Crippen molar-refractivity contribution in [3.05, 3.63) is 47.4 Å². The molecular formula is C22H27ClN6O. The zero-order chi connectivity index (χ0) is 20.5. The van der Waals surface area contributed by atoms with Crippen LogP contribution in [0.1, 0.15) is 31.4 Å². The SMILES string of the molecule is C[C@H]1COCCN1c1nc(Cl)nc2c1cnn2C1CCN(Cc2ccccc2)CC1. The largest absolute Gasteiger partial charge is 0.377 e. The number of aromatic nitrogens is 4. The molecule has 0 bridgehead atoms. The zero-order valence-electron chi connectivity index (χ0n) is 17.2. The Bertz CT molecular complexity index is 1000. The van der Waals surface area contributed by atoms with Crippen LogP contribution >= 0.6 is 11.6 Å². The monoisotopic (exact) mass is 426 g/mol. The molecule has 0 radical (unpaired) electrons. The summed E-state index contributed by atoms with van der Waals surface area (Å²) in [6, 6.07) is 11.2. The molecule has 2 aliphatic heterocycles. The third-order valence-electron chi connectivity index (χ3n) is 6.20. The molecule has 2 fully saturated rings. The number of ether oxygens (including phenoxy) is 1. The maximum atomic E-state index is 6.34. The van der Waals surface area contributed by atoms with Gasteiger partial charge < -0.3 is 9.64 Å². The van der Waals surface area contributed by atoms with Crippen molar-refractivity contribution in [3.63, 3.8) is 0 Å². The number of halogens is 1. The summed E-state index contributed by atoms with van der Waals surface area (Å²) in [5.74, 6) is 0.869. The van der Waals surface area contributed by atoms with Crippen LogP contribution in [0.15, 0.2) is 36.5 Å². The summed E-state index contributed by atoms with van der Waals surface area (Å²) in [6.45, 7) is 7.43. The molecule has 158 valence electrons. The number of nitrogens with zero attached hydrogens (tertiary/aromatic N) is 6. The van der Waals surface area contributed by atoms with Crippen LogP contribution in [0.3, 0.4) is 0 Å². The van der Waals surface area contributed by atoms with Crippen molar-refractivity contribution in [1.29, 1.82) is 0 Å². The number of piperidine rings is 1. The predicted octanol–water partition coefficient (Wildman–Crippen LogP) is 3.54. The Labute approximate surface area is 181 Å². The topological polar surface area (TPSA) is 59.3 Å². The summed E-state index contributed by atoms with van der Waals surface area (Å²) in [5, 5.41) is 5.98. The second-order valence-corrected chi connectivity index (χ2v) is 8.59. The third-order valence-corrected chi connectivity index (χ3v) is 6.37. The van der Waals surface area contributed by atoms with E-state index in [0.29, 0.717) is 19.3 Å². The first kappa shape index (κ1) is 19.7. The highest BCUT2D eigenvalue weighted by Crippen LogP contribution is 2.32. The van der Waals surface area contributed by atoms with Crippen LogP contribution in [0, 0.1) is 0 Å². The van der Waals surface area contributed by atoms with Crippen molar-refractivity contribution in [3.8, 4) is 0 Å². The number of likely N-dealkylation sites (tertiary alicyclic amines) is 1. The molecule has 5 rings (SSSR count). The van der Waals surface area contributed by atoms with Gasteiger partial charge in [0.25, 0.3) is 0 Å². The maximum Gasteiger partial charge on any atom is 0.226 e. The normalized spacial score (nSPS) is 21.4. The lowest BCUT2D eigenvalue weighted by Gasteiger charge is -2.34. The van der Waals surface area contributed by atoms with Crippen molar-refractivity contribution in [2.45, 2.75) is 38.4 Å². The molecule has 2 saturated heterocycles. The molecule has 4 heterocycles. The van der Waals surface area contributed by atoms with Gasteiger partial charge in [0.05, 0.1) is 36.9 Å². The first-order valence-corrected chi connectivity index (χ1v) is 11.1. The van der Waals surface area contributed by atoms with E-state index in [-0.39, 0.29) is 11.3 Å². The Balaban J connectivity index is 1.35. The number of benzene rings is 1. The first-order valence-electron chi connectivity index (χ1n) is 10.7. The fourth-order valence-corrected chi connectivity index (χ4v) is 4.74. The molecule has 2 aromatic heterocycles. The van der Waals surface area contributed by atoms with Crippen molar-refractivity contribution in [1.82, 2.24) is 24.6 Å². The Morgan fingerprint density at radius 2 is 1.90 bits per heavy atom. The van der Waals surface area contributed by atoms with E-state index in [0.717, 1.165) is 55.9 Å². The van der Waals surface area contributed by atoms with Gasteiger partial charge in [0, 0.05) is 26.2 Å². The van der Waals surface area contributed by atoms with Crippen LogP contribution in [0.2, 0.25) is 5.28 Å². The number of rotatable bonds is 4. The van der Waals surface area contributed by atoms with Crippen molar-refractivity contribution in [2.24, 2.45) is 0 Å². The quantitative estimate of drug-likeness (QED) is 0.595. The van der Waals surface area contributed by atoms with Gasteiger partial charge >= 0.3 is 0 Å². The Morgan fingerprint density at radius 1 is 1.10 bits per heavy atom. The van der Waals surface area contributed by atoms with Crippen LogP contribution in [-0.4, -0.2) is 63.5 Å². The Morgan fingerprint density at radius 3 is 2.67 bits per heavy atom. The van der Waals surface area contributed by atoms with Crippen LogP contribution in [-0.2, 0) is 11.3 Å². The van der Waals surface area contributed by atoms with E-state index in [9.17, 15) is 0 Å². The lowest BCUT2D eigenvalue weighted by molar-refractivity contribution is 0.0987. The molecule has 0 spiro atoms. The van der Waals surface area contributed by atoms with Crippen molar-refractivity contribution >= 4 is 28.5 Å². The highest BCUT2D eigenvalue weighted by atomic mass is 35.5. The van der Waals surface area contributed by atoms with E-state index in [1.807, 2.05) is 6.20 Å². The van der Waals surface area contributed by atoms with Gasteiger partial charge in [-0.05, 0) is 36.9 Å². The maximum absolute atomic E-state index is 6.34. The lowest BCUT2D eigenvalue weighted by atomic mass is 10.0. The van der Waals surface area contributed by atoms with E-state index in [1.54, 1.807) is 0 Å². The number of hydrogen-bond donors (Lipinski definition) is 0. The minimum Gasteiger partial charge on any atom is -0.377 e. The van der Waals surface area contributed by atoms with Crippen LogP contribution < -0.4 is 4.90 Å². The Kier molecular flexibility index (Phi) is 5.58. The van der Waals surface area contributed by atoms with Crippen LogP contribution in [0.4, 0.5) is 5.82 Å². The molecule has 0 unspecified atom stereocenters. The molecule has 0 saturated carbocycles. The molecule has 1 atom stereocenters. The second-order valence-electron chi connectivity index (χ2n) is 8.25. The summed E-state index contributed by atoms with van der Waals surface area (Å²) in [7, 11) is 0. The summed E-state index contributed by atoms with van der Waals surface area (Å²) >= 11 is 6.34. The smallest absolute Gasteiger partial charge is 0.226 e. The average Bonchev–Trinajstić information content (AvgIpc) is 3.19. The number of anilines is 1. The van der Waals surface area contributed by atoms with Gasteiger partial charge in [-0.25, -0.2) is 4.68 Å². The van der Waals surface area contributed by atoms with Gasteiger partial charge in [-0.15, -0.1) is 0 Å². The van der Waals surface area contributed by atoms with E-state index < -0.39 is 0 Å². The van der Waals surface area contributed by atoms with Crippen molar-refractivity contribution in [2.75, 3.05) is 37.7 Å². The lowest BCUT2D eigenvalue weighted by Crippen LogP contribution is -2.44. The van der Waals surface area contributed by atoms with E-state index in [1.165, 1.54) is 5.56 Å². The minimum atomic E-state index is 0.248. The molecule has 1 aromatic carbocycles. The highest BCUT2D eigenvalue weighted by molar-refractivity contribution is 6.28. The summed E-state index contributed by atoms with van der Waals surface area (Å²) in [5.41, 5.74) is 2.20. The summed E-state index contributed by atoms with van der Waals surface area (Å²) in [6.07, 6.45) is 4.00. The van der Waals surface area contributed by atoms with Gasteiger partial charge in [0.2, 0.25) is 5.28 Å². The van der Waals surface area contributed by atoms with Gasteiger partial charge in [-0.2, -0.15) is 15.1 Å². The van der Waals surface area contributed by atoms with Gasteiger partial charge in [-0.1, -0.05) is 30.3 Å². The molecule has 2 aliphatic rings. The molecular weight excluding hydrogens is 400 g/mol. The molecule has 0 N–H and O–H groups in total. The average molecular weight is 427 g/mol. The van der Waals surface area contributed by atoms with E-state index >= 15 is 0 Å². The number of morpholine rings is 1. The Hall–Kier alpha value is -2.22. The van der Waals surface area contributed by atoms with Crippen LogP contribution in [0.5, 0.6) is 0 Å². The van der Waals surface area contributed by atoms with Crippen molar-refractivity contribution < 1.29 is 4.74 Å². The number of hydrogen-bond acceptors (Lipinski definition) is 6. The first-order chi connectivity index (χ1) is 14.7. The van der Waals surface area contributed by atoms with Gasteiger partial charge in [0.15, 0.2) is 5.65 Å². The summed E-state index contributed by atoms with van der Waals surface area (Å²) in [4.78, 5) is 13.9. The third kappa shape index (κ3) is 3.89. The molecule has 0 amide bonds. The predicted molar refractivity (Wildman–Crippen MR) is 118 cm³/mol. The van der Waals surface area contributed by atoms with E-state index in [2.05, 4.69) is 61.7 Å². The highest BCUT2D eigenvalue weighted by Gasteiger charge is 2.27. The molecule has 8 heteroatoms. The van der Waals surface area contributed by atoms with E-state index in [4.69, 9.17) is 21.4 Å². The molecule has 30 heavy (non-hydrogen) atoms. The number of fused-ring (bicyclic) bond motifs is 1. The molecule has 7 nitrogen and oxygen atoms in total. The van der Waals surface area contributed by atoms with Gasteiger partial charge in [0.1, 0.15) is 5.82 Å². The fourth-order valence-electron chi connectivity index (χ4n) is 4.58. The van der Waals surface area contributed by atoms with Crippen LogP contribution in [0.25, 0.3) is 11.0 Å². The zero-order valence-corrected chi connectivity index (χ0v) is 18.0. The minimum absolute atomic E-state index is 0.248. The fraction of sp³-hybridized carbons (Fsp3) is 0.500. The second kappa shape index (κ2) is 8.49. The van der Waals surface area contributed by atoms with Gasteiger partial charge in [-0.3, -0.25) is 4.90 Å². The molecule has 3 aromatic rings. The standard InChI is InChI=1S/C22H27ClN6O/c1-16-15-30-12-11-28(16)20-19-13-24-29(21(19)26-22(23)25-20)18-7-9-27(10-8-18)14-17-5-3-2-4-6-17/h2-6,13,16,18H,7-12,14-15H2,1H3/t16-/m0/s1. The summed E-state index contributed by atoms with van der Waals surface area (Å²) < 4.78 is 7.65. The molecule has 0 aliphatic carbocycles.